The first kappa shape index (κ1) is 25.3. The Labute approximate surface area is 212 Å². The fourth-order valence-electron chi connectivity index (χ4n) is 4.64. The van der Waals surface area contributed by atoms with Gasteiger partial charge in [-0.25, -0.2) is 21.3 Å². The molecular formula is C26H34N6O2S. The van der Waals surface area contributed by atoms with E-state index < -0.39 is 5.60 Å². The predicted octanol–water partition coefficient (Wildman–Crippen LogP) is 4.10. The van der Waals surface area contributed by atoms with Crippen molar-refractivity contribution in [3.05, 3.63) is 58.6 Å². The molecule has 1 atom stereocenters. The van der Waals surface area contributed by atoms with Crippen molar-refractivity contribution in [2.75, 3.05) is 43.9 Å². The highest BCUT2D eigenvalue weighted by Gasteiger charge is 2.37. The van der Waals surface area contributed by atoms with Crippen LogP contribution in [-0.2, 0) is 24.2 Å². The van der Waals surface area contributed by atoms with E-state index in [9.17, 15) is 4.79 Å². The van der Waals surface area contributed by atoms with Gasteiger partial charge in [0.2, 0.25) is 6.54 Å². The zero-order chi connectivity index (χ0) is 25.0. The molecule has 1 amide bonds. The van der Waals surface area contributed by atoms with Gasteiger partial charge in [0.1, 0.15) is 17.5 Å². The number of carbonyl (C=O) groups excluding carboxylic acids is 1. The summed E-state index contributed by atoms with van der Waals surface area (Å²) in [4.78, 5) is 32.6. The van der Waals surface area contributed by atoms with Crippen molar-refractivity contribution in [3.63, 3.8) is 0 Å². The SMILES string of the molecule is [C-]#[N+]CC1CN(c2nc(SC)nc3c2CCN(Cc2ccccc2)C3)CCN1C(=O)OC(C)(C)C. The summed E-state index contributed by atoms with van der Waals surface area (Å²) in [6.45, 7) is 17.6. The van der Waals surface area contributed by atoms with Gasteiger partial charge in [0.25, 0.3) is 0 Å². The third-order valence-electron chi connectivity index (χ3n) is 6.25. The van der Waals surface area contributed by atoms with Crippen LogP contribution < -0.4 is 4.90 Å². The highest BCUT2D eigenvalue weighted by Crippen LogP contribution is 2.31. The van der Waals surface area contributed by atoms with Gasteiger partial charge in [-0.15, -0.1) is 0 Å². The Morgan fingerprint density at radius 3 is 2.66 bits per heavy atom. The van der Waals surface area contributed by atoms with Crippen LogP contribution in [0.25, 0.3) is 4.85 Å². The van der Waals surface area contributed by atoms with Crippen LogP contribution in [0.1, 0.15) is 37.6 Å². The minimum absolute atomic E-state index is 0.238. The predicted molar refractivity (Wildman–Crippen MR) is 138 cm³/mol. The second-order valence-electron chi connectivity index (χ2n) is 10.0. The molecule has 2 aliphatic rings. The number of benzene rings is 1. The Kier molecular flexibility index (Phi) is 7.82. The molecule has 0 radical (unpaired) electrons. The topological polar surface area (TPSA) is 66.2 Å². The van der Waals surface area contributed by atoms with Crippen LogP contribution in [-0.4, -0.2) is 76.5 Å². The second-order valence-corrected chi connectivity index (χ2v) is 10.8. The fraction of sp³-hybridized carbons (Fsp3) is 0.538. The van der Waals surface area contributed by atoms with Crippen LogP contribution in [0.3, 0.4) is 0 Å². The van der Waals surface area contributed by atoms with E-state index in [0.29, 0.717) is 19.6 Å². The summed E-state index contributed by atoms with van der Waals surface area (Å²) in [5.41, 5.74) is 3.01. The highest BCUT2D eigenvalue weighted by molar-refractivity contribution is 7.98. The van der Waals surface area contributed by atoms with Crippen molar-refractivity contribution < 1.29 is 9.53 Å². The van der Waals surface area contributed by atoms with Gasteiger partial charge in [-0.1, -0.05) is 42.1 Å². The molecule has 8 nitrogen and oxygen atoms in total. The molecule has 0 bridgehead atoms. The van der Waals surface area contributed by atoms with Gasteiger partial charge in [-0.2, -0.15) is 0 Å². The van der Waals surface area contributed by atoms with Crippen molar-refractivity contribution in [1.82, 2.24) is 19.8 Å². The number of anilines is 1. The molecule has 0 saturated carbocycles. The average Bonchev–Trinajstić information content (AvgIpc) is 2.83. The van der Waals surface area contributed by atoms with Gasteiger partial charge < -0.3 is 14.5 Å². The number of fused-ring (bicyclic) bond motifs is 1. The Morgan fingerprint density at radius 2 is 1.97 bits per heavy atom. The molecule has 1 unspecified atom stereocenters. The monoisotopic (exact) mass is 494 g/mol. The van der Waals surface area contributed by atoms with Gasteiger partial charge >= 0.3 is 6.09 Å². The summed E-state index contributed by atoms with van der Waals surface area (Å²) in [5.74, 6) is 0.956. The Bertz CT molecular complexity index is 1080. The van der Waals surface area contributed by atoms with E-state index in [1.807, 2.05) is 33.1 Å². The molecule has 0 spiro atoms. The molecule has 1 aromatic carbocycles. The first-order valence-corrected chi connectivity index (χ1v) is 13.3. The Balaban J connectivity index is 1.55. The number of rotatable bonds is 5. The molecule has 4 rings (SSSR count). The first-order chi connectivity index (χ1) is 16.8. The van der Waals surface area contributed by atoms with Gasteiger partial charge in [0.05, 0.1) is 5.69 Å². The molecule has 2 aliphatic heterocycles. The molecule has 1 saturated heterocycles. The molecule has 9 heteroatoms. The van der Waals surface area contributed by atoms with E-state index in [4.69, 9.17) is 21.3 Å². The number of amides is 1. The second kappa shape index (κ2) is 10.8. The van der Waals surface area contributed by atoms with E-state index >= 15 is 0 Å². The van der Waals surface area contributed by atoms with Gasteiger partial charge in [0.15, 0.2) is 5.16 Å². The number of nitrogens with zero attached hydrogens (tertiary/aromatic N) is 6. The summed E-state index contributed by atoms with van der Waals surface area (Å²) in [7, 11) is 0. The van der Waals surface area contributed by atoms with E-state index in [-0.39, 0.29) is 18.7 Å². The van der Waals surface area contributed by atoms with E-state index in [1.54, 1.807) is 16.7 Å². The Morgan fingerprint density at radius 1 is 1.20 bits per heavy atom. The lowest BCUT2D eigenvalue weighted by Crippen LogP contribution is -2.57. The maximum Gasteiger partial charge on any atom is 0.410 e. The number of hydrogen-bond acceptors (Lipinski definition) is 7. The molecule has 3 heterocycles. The molecule has 1 fully saturated rings. The minimum Gasteiger partial charge on any atom is -0.444 e. The molecule has 2 aromatic rings. The van der Waals surface area contributed by atoms with Crippen LogP contribution >= 0.6 is 11.8 Å². The lowest BCUT2D eigenvalue weighted by atomic mass is 10.0. The Hall–Kier alpha value is -2.83. The molecule has 0 aliphatic carbocycles. The quantitative estimate of drug-likeness (QED) is 0.352. The summed E-state index contributed by atoms with van der Waals surface area (Å²) in [6.07, 6.45) is 2.53. The summed E-state index contributed by atoms with van der Waals surface area (Å²) in [6, 6.07) is 10.3. The molecular weight excluding hydrogens is 460 g/mol. The first-order valence-electron chi connectivity index (χ1n) is 12.0. The van der Waals surface area contributed by atoms with Crippen molar-refractivity contribution in [2.24, 2.45) is 0 Å². The lowest BCUT2D eigenvalue weighted by molar-refractivity contribution is 0.0155. The zero-order valence-electron chi connectivity index (χ0n) is 21.0. The normalized spacial score (nSPS) is 18.7. The van der Waals surface area contributed by atoms with Gasteiger partial charge in [0, 0.05) is 44.8 Å². The lowest BCUT2D eigenvalue weighted by Gasteiger charge is -2.41. The van der Waals surface area contributed by atoms with Crippen LogP contribution in [0.4, 0.5) is 10.6 Å². The summed E-state index contributed by atoms with van der Waals surface area (Å²) >= 11 is 1.55. The molecule has 1 aromatic heterocycles. The molecule has 35 heavy (non-hydrogen) atoms. The van der Waals surface area contributed by atoms with Crippen molar-refractivity contribution in [3.8, 4) is 0 Å². The number of piperazine rings is 1. The van der Waals surface area contributed by atoms with E-state index in [2.05, 4.69) is 38.9 Å². The number of aromatic nitrogens is 2. The number of thioether (sulfide) groups is 1. The number of ether oxygens (including phenoxy) is 1. The van der Waals surface area contributed by atoms with Crippen LogP contribution in [0.2, 0.25) is 0 Å². The average molecular weight is 495 g/mol. The smallest absolute Gasteiger partial charge is 0.410 e. The standard InChI is InChI=1S/C26H34N6O2S/c1-26(2,3)34-25(33)32-14-13-31(17-20(32)15-27-4)23-21-11-12-30(16-19-9-7-6-8-10-19)18-22(21)28-24(29-23)35-5/h6-10,20H,11-18H2,1-3,5H3. The molecule has 186 valence electrons. The largest absolute Gasteiger partial charge is 0.444 e. The van der Waals surface area contributed by atoms with Gasteiger partial charge in [-0.05, 0) is 39.0 Å². The van der Waals surface area contributed by atoms with Crippen molar-refractivity contribution >= 4 is 23.7 Å². The van der Waals surface area contributed by atoms with Crippen LogP contribution in [0.15, 0.2) is 35.5 Å². The minimum atomic E-state index is -0.568. The zero-order valence-corrected chi connectivity index (χ0v) is 21.8. The highest BCUT2D eigenvalue weighted by atomic mass is 32.2. The fourth-order valence-corrected chi connectivity index (χ4v) is 5.02. The number of hydrogen-bond donors (Lipinski definition) is 0. The maximum absolute atomic E-state index is 12.8. The number of carbonyl (C=O) groups is 1. The molecule has 0 N–H and O–H groups in total. The van der Waals surface area contributed by atoms with Crippen molar-refractivity contribution in [1.29, 1.82) is 0 Å². The van der Waals surface area contributed by atoms with Gasteiger partial charge in [-0.3, -0.25) is 9.80 Å². The maximum atomic E-state index is 12.8. The van der Waals surface area contributed by atoms with Crippen LogP contribution in [0, 0.1) is 6.57 Å². The third kappa shape index (κ3) is 6.24. The van der Waals surface area contributed by atoms with E-state index in [1.165, 1.54) is 11.1 Å². The summed E-state index contributed by atoms with van der Waals surface area (Å²) in [5, 5.41) is 0.761. The van der Waals surface area contributed by atoms with Crippen LogP contribution in [0.5, 0.6) is 0 Å². The van der Waals surface area contributed by atoms with E-state index in [0.717, 1.165) is 42.7 Å². The summed E-state index contributed by atoms with van der Waals surface area (Å²) < 4.78 is 5.61. The van der Waals surface area contributed by atoms with Crippen molar-refractivity contribution in [2.45, 2.75) is 57.1 Å². The third-order valence-corrected chi connectivity index (χ3v) is 6.79.